The molecule has 0 radical (unpaired) electrons. The normalized spacial score (nSPS) is 20.9. The summed E-state index contributed by atoms with van der Waals surface area (Å²) in [6.07, 6.45) is 2.63. The first kappa shape index (κ1) is 14.5. The topological polar surface area (TPSA) is 37.4 Å². The predicted octanol–water partition coefficient (Wildman–Crippen LogP) is 3.01. The lowest BCUT2D eigenvalue weighted by molar-refractivity contribution is 0.379. The van der Waals surface area contributed by atoms with Crippen molar-refractivity contribution in [3.05, 3.63) is 29.1 Å². The summed E-state index contributed by atoms with van der Waals surface area (Å²) in [6, 6.07) is 2.65. The zero-order chi connectivity index (χ0) is 14.2. The van der Waals surface area contributed by atoms with Gasteiger partial charge in [-0.3, -0.25) is 0 Å². The van der Waals surface area contributed by atoms with Gasteiger partial charge in [0.25, 0.3) is 0 Å². The molecule has 0 saturated carbocycles. The Labute approximate surface area is 114 Å². The maximum absolute atomic E-state index is 13.3. The van der Waals surface area contributed by atoms with Crippen molar-refractivity contribution in [2.24, 2.45) is 0 Å². The first-order valence-corrected chi connectivity index (χ1v) is 8.10. The fraction of sp³-hybridized carbons (Fsp3) is 0.571. The monoisotopic (exact) mass is 285 g/mol. The molecule has 1 unspecified atom stereocenters. The number of hydrogen-bond donors (Lipinski definition) is 0. The standard InChI is InChI=1S/C14H20FNO2S/c1-4-13-6-5-7-16(13)19(17,18)14-10(2)8-12(15)9-11(14)3/h8-9,13H,4-7H2,1-3H3. The van der Waals surface area contributed by atoms with Crippen molar-refractivity contribution in [2.75, 3.05) is 6.54 Å². The van der Waals surface area contributed by atoms with Gasteiger partial charge >= 0.3 is 0 Å². The summed E-state index contributed by atoms with van der Waals surface area (Å²) in [7, 11) is -3.51. The summed E-state index contributed by atoms with van der Waals surface area (Å²) in [5.74, 6) is -0.387. The van der Waals surface area contributed by atoms with Crippen LogP contribution < -0.4 is 0 Å². The highest BCUT2D eigenvalue weighted by Crippen LogP contribution is 2.31. The highest BCUT2D eigenvalue weighted by atomic mass is 32.2. The second kappa shape index (κ2) is 5.21. The van der Waals surface area contributed by atoms with Gasteiger partial charge in [-0.15, -0.1) is 0 Å². The molecule has 2 rings (SSSR count). The van der Waals surface area contributed by atoms with E-state index < -0.39 is 10.0 Å². The van der Waals surface area contributed by atoms with Gasteiger partial charge in [0.1, 0.15) is 5.82 Å². The van der Waals surface area contributed by atoms with Gasteiger partial charge in [0.2, 0.25) is 10.0 Å². The van der Waals surface area contributed by atoms with Crippen LogP contribution in [0.25, 0.3) is 0 Å². The maximum atomic E-state index is 13.3. The average Bonchev–Trinajstić information content (AvgIpc) is 2.75. The van der Waals surface area contributed by atoms with E-state index in [1.54, 1.807) is 18.2 Å². The molecular weight excluding hydrogens is 265 g/mol. The summed E-state index contributed by atoms with van der Waals surface area (Å²) in [6.45, 7) is 5.87. The van der Waals surface area contributed by atoms with Crippen molar-refractivity contribution in [2.45, 2.75) is 51.0 Å². The molecule has 0 amide bonds. The van der Waals surface area contributed by atoms with Crippen molar-refractivity contribution in [3.8, 4) is 0 Å². The quantitative estimate of drug-likeness (QED) is 0.856. The lowest BCUT2D eigenvalue weighted by Gasteiger charge is -2.24. The van der Waals surface area contributed by atoms with Gasteiger partial charge in [0.05, 0.1) is 4.90 Å². The smallest absolute Gasteiger partial charge is 0.207 e. The minimum atomic E-state index is -3.51. The summed E-state index contributed by atoms with van der Waals surface area (Å²) in [4.78, 5) is 0.272. The van der Waals surface area contributed by atoms with Crippen molar-refractivity contribution in [1.29, 1.82) is 0 Å². The molecule has 0 spiro atoms. The number of nitrogens with zero attached hydrogens (tertiary/aromatic N) is 1. The number of sulfonamides is 1. The number of hydrogen-bond acceptors (Lipinski definition) is 2. The third kappa shape index (κ3) is 2.54. The fourth-order valence-electron chi connectivity index (χ4n) is 2.96. The molecule has 106 valence electrons. The van der Waals surface area contributed by atoms with Gasteiger partial charge in [-0.2, -0.15) is 4.31 Å². The molecule has 19 heavy (non-hydrogen) atoms. The predicted molar refractivity (Wildman–Crippen MR) is 73.1 cm³/mol. The Morgan fingerprint density at radius 3 is 2.42 bits per heavy atom. The van der Waals surface area contributed by atoms with Gasteiger partial charge in [0.15, 0.2) is 0 Å². The van der Waals surface area contributed by atoms with E-state index in [0.717, 1.165) is 19.3 Å². The minimum absolute atomic E-state index is 0.0776. The second-order valence-electron chi connectivity index (χ2n) is 5.19. The third-order valence-corrected chi connectivity index (χ3v) is 6.04. The summed E-state index contributed by atoms with van der Waals surface area (Å²) < 4.78 is 40.4. The zero-order valence-electron chi connectivity index (χ0n) is 11.6. The van der Waals surface area contributed by atoms with Gasteiger partial charge in [-0.25, -0.2) is 12.8 Å². The molecule has 1 aliphatic rings. The minimum Gasteiger partial charge on any atom is -0.207 e. The lowest BCUT2D eigenvalue weighted by atomic mass is 10.1. The summed E-state index contributed by atoms with van der Waals surface area (Å²) in [5.41, 5.74) is 0.971. The van der Waals surface area contributed by atoms with Crippen LogP contribution in [-0.4, -0.2) is 25.3 Å². The molecule has 1 aromatic carbocycles. The molecule has 1 aromatic rings. The molecule has 1 fully saturated rings. The summed E-state index contributed by atoms with van der Waals surface area (Å²) >= 11 is 0. The molecule has 5 heteroatoms. The first-order valence-electron chi connectivity index (χ1n) is 6.66. The molecule has 0 aliphatic carbocycles. The average molecular weight is 285 g/mol. The van der Waals surface area contributed by atoms with E-state index in [-0.39, 0.29) is 16.8 Å². The first-order chi connectivity index (χ1) is 8.87. The summed E-state index contributed by atoms with van der Waals surface area (Å²) in [5, 5.41) is 0. The van der Waals surface area contributed by atoms with Crippen molar-refractivity contribution < 1.29 is 12.8 Å². The van der Waals surface area contributed by atoms with Crippen molar-refractivity contribution >= 4 is 10.0 Å². The highest BCUT2D eigenvalue weighted by molar-refractivity contribution is 7.89. The number of aryl methyl sites for hydroxylation is 2. The van der Waals surface area contributed by atoms with Gasteiger partial charge in [0, 0.05) is 12.6 Å². The van der Waals surface area contributed by atoms with Crippen LogP contribution in [0.3, 0.4) is 0 Å². The molecule has 1 heterocycles. The Morgan fingerprint density at radius 1 is 1.32 bits per heavy atom. The van der Waals surface area contributed by atoms with E-state index in [0.29, 0.717) is 17.7 Å². The van der Waals surface area contributed by atoms with E-state index in [9.17, 15) is 12.8 Å². The van der Waals surface area contributed by atoms with E-state index in [2.05, 4.69) is 0 Å². The molecule has 0 bridgehead atoms. The van der Waals surface area contributed by atoms with Gasteiger partial charge < -0.3 is 0 Å². The molecular formula is C14H20FNO2S. The van der Waals surface area contributed by atoms with Crippen LogP contribution in [0.4, 0.5) is 4.39 Å². The van der Waals surface area contributed by atoms with Crippen LogP contribution in [0.2, 0.25) is 0 Å². The van der Waals surface area contributed by atoms with Crippen molar-refractivity contribution in [1.82, 2.24) is 4.31 Å². The SMILES string of the molecule is CCC1CCCN1S(=O)(=O)c1c(C)cc(F)cc1C. The Kier molecular flexibility index (Phi) is 3.97. The van der Waals surface area contributed by atoms with Gasteiger partial charge in [-0.05, 0) is 56.4 Å². The van der Waals surface area contributed by atoms with Crippen LogP contribution in [0.15, 0.2) is 17.0 Å². The molecule has 1 atom stereocenters. The van der Waals surface area contributed by atoms with Crippen LogP contribution >= 0.6 is 0 Å². The Morgan fingerprint density at radius 2 is 1.89 bits per heavy atom. The molecule has 1 aliphatic heterocycles. The number of halogens is 1. The van der Waals surface area contributed by atoms with Crippen LogP contribution in [0.1, 0.15) is 37.3 Å². The fourth-order valence-corrected chi connectivity index (χ4v) is 5.14. The zero-order valence-corrected chi connectivity index (χ0v) is 12.4. The van der Waals surface area contributed by atoms with E-state index in [1.807, 2.05) is 6.92 Å². The highest BCUT2D eigenvalue weighted by Gasteiger charge is 2.35. The lowest BCUT2D eigenvalue weighted by Crippen LogP contribution is -2.35. The van der Waals surface area contributed by atoms with E-state index >= 15 is 0 Å². The Hall–Kier alpha value is -0.940. The largest absolute Gasteiger partial charge is 0.243 e. The van der Waals surface area contributed by atoms with E-state index in [4.69, 9.17) is 0 Å². The molecule has 0 aromatic heterocycles. The van der Waals surface area contributed by atoms with Crippen LogP contribution in [0, 0.1) is 19.7 Å². The molecule has 0 N–H and O–H groups in total. The maximum Gasteiger partial charge on any atom is 0.243 e. The molecule has 3 nitrogen and oxygen atoms in total. The number of rotatable bonds is 3. The second-order valence-corrected chi connectivity index (χ2v) is 7.02. The Balaban J connectivity index is 2.51. The van der Waals surface area contributed by atoms with Crippen molar-refractivity contribution in [3.63, 3.8) is 0 Å². The van der Waals surface area contributed by atoms with Crippen LogP contribution in [0.5, 0.6) is 0 Å². The Bertz CT molecular complexity index is 560. The van der Waals surface area contributed by atoms with Gasteiger partial charge in [-0.1, -0.05) is 6.92 Å². The third-order valence-electron chi connectivity index (χ3n) is 3.79. The molecule has 1 saturated heterocycles. The van der Waals surface area contributed by atoms with Crippen LogP contribution in [-0.2, 0) is 10.0 Å². The van der Waals surface area contributed by atoms with E-state index in [1.165, 1.54) is 12.1 Å². The number of benzene rings is 1.